The molecular formula is C22H31F3N4O3. The average molecular weight is 457 g/mol. The molecule has 1 aromatic rings. The Morgan fingerprint density at radius 2 is 1.75 bits per heavy atom. The van der Waals surface area contributed by atoms with Crippen LogP contribution >= 0.6 is 0 Å². The minimum Gasteiger partial charge on any atom is -0.440 e. The van der Waals surface area contributed by atoms with Crippen molar-refractivity contribution in [3.05, 3.63) is 23.8 Å². The van der Waals surface area contributed by atoms with Crippen molar-refractivity contribution in [2.75, 3.05) is 62.6 Å². The summed E-state index contributed by atoms with van der Waals surface area (Å²) >= 11 is 0. The van der Waals surface area contributed by atoms with Crippen LogP contribution in [0.5, 0.6) is 0 Å². The molecule has 3 rings (SSSR count). The highest BCUT2D eigenvalue weighted by Crippen LogP contribution is 2.26. The summed E-state index contributed by atoms with van der Waals surface area (Å²) in [6, 6.07) is 5.89. The van der Waals surface area contributed by atoms with Gasteiger partial charge in [-0.2, -0.15) is 13.2 Å². The normalized spacial score (nSPS) is 18.5. The summed E-state index contributed by atoms with van der Waals surface area (Å²) in [6.07, 6.45) is -4.78. The first kappa shape index (κ1) is 24.2. The van der Waals surface area contributed by atoms with Crippen LogP contribution in [0.3, 0.4) is 0 Å². The molecule has 0 bridgehead atoms. The fourth-order valence-corrected chi connectivity index (χ4v) is 4.20. The van der Waals surface area contributed by atoms with E-state index in [2.05, 4.69) is 26.8 Å². The van der Waals surface area contributed by atoms with E-state index >= 15 is 0 Å². The predicted molar refractivity (Wildman–Crippen MR) is 116 cm³/mol. The first-order valence-corrected chi connectivity index (χ1v) is 11.0. The Kier molecular flexibility index (Phi) is 7.86. The van der Waals surface area contributed by atoms with E-state index in [4.69, 9.17) is 0 Å². The molecule has 7 nitrogen and oxygen atoms in total. The van der Waals surface area contributed by atoms with Gasteiger partial charge in [-0.25, -0.2) is 4.79 Å². The molecule has 2 saturated heterocycles. The number of nitrogens with zero attached hydrogens (tertiary/aromatic N) is 3. The number of piperazine rings is 1. The van der Waals surface area contributed by atoms with E-state index in [1.165, 1.54) is 10.6 Å². The van der Waals surface area contributed by atoms with Crippen molar-refractivity contribution >= 4 is 23.4 Å². The van der Waals surface area contributed by atoms with Gasteiger partial charge >= 0.3 is 12.3 Å². The van der Waals surface area contributed by atoms with Crippen molar-refractivity contribution < 1.29 is 27.5 Å². The van der Waals surface area contributed by atoms with Crippen molar-refractivity contribution in [2.45, 2.75) is 32.9 Å². The number of ether oxygens (including phenoxy) is 1. The van der Waals surface area contributed by atoms with Crippen LogP contribution < -0.4 is 10.2 Å². The van der Waals surface area contributed by atoms with E-state index < -0.39 is 18.9 Å². The lowest BCUT2D eigenvalue weighted by Gasteiger charge is -2.36. The van der Waals surface area contributed by atoms with Crippen LogP contribution in [-0.4, -0.2) is 80.4 Å². The van der Waals surface area contributed by atoms with Crippen molar-refractivity contribution in [3.8, 4) is 0 Å². The van der Waals surface area contributed by atoms with Gasteiger partial charge in [0.2, 0.25) is 5.91 Å². The number of likely N-dealkylation sites (N-methyl/N-ethyl adjacent to an activating group) is 1. The molecule has 0 spiro atoms. The first-order chi connectivity index (χ1) is 15.2. The van der Waals surface area contributed by atoms with Crippen LogP contribution in [-0.2, 0) is 9.53 Å². The van der Waals surface area contributed by atoms with Gasteiger partial charge in [0.25, 0.3) is 0 Å². The minimum absolute atomic E-state index is 0.142. The molecule has 2 heterocycles. The third kappa shape index (κ3) is 6.51. The number of halogens is 3. The zero-order valence-corrected chi connectivity index (χ0v) is 18.6. The molecular weight excluding hydrogens is 425 g/mol. The third-order valence-corrected chi connectivity index (χ3v) is 6.11. The average Bonchev–Trinajstić information content (AvgIpc) is 2.77. The van der Waals surface area contributed by atoms with E-state index in [0.717, 1.165) is 44.0 Å². The number of benzene rings is 1. The van der Waals surface area contributed by atoms with Gasteiger partial charge in [-0.15, -0.1) is 0 Å². The Morgan fingerprint density at radius 3 is 2.31 bits per heavy atom. The van der Waals surface area contributed by atoms with Crippen molar-refractivity contribution in [3.63, 3.8) is 0 Å². The van der Waals surface area contributed by atoms with Gasteiger partial charge in [0.05, 0.1) is 0 Å². The standard InChI is InChI=1S/C22H31F3N4O3/c1-3-27-10-12-28(13-11-27)19-5-4-18(14-16(19)2)26-20(30)17-6-8-29(9-7-17)21(31)32-15-22(23,24)25/h4-5,14,17H,3,6-13,15H2,1-2H3,(H,26,30). The molecule has 10 heteroatoms. The topological polar surface area (TPSA) is 65.1 Å². The first-order valence-electron chi connectivity index (χ1n) is 11.0. The van der Waals surface area contributed by atoms with Crippen LogP contribution in [0.1, 0.15) is 25.3 Å². The van der Waals surface area contributed by atoms with Crippen LogP contribution in [0.25, 0.3) is 0 Å². The van der Waals surface area contributed by atoms with Crippen LogP contribution in [0, 0.1) is 12.8 Å². The molecule has 0 aromatic heterocycles. The van der Waals surface area contributed by atoms with Crippen LogP contribution in [0.4, 0.5) is 29.3 Å². The molecule has 0 saturated carbocycles. The van der Waals surface area contributed by atoms with E-state index in [1.54, 1.807) is 0 Å². The number of likely N-dealkylation sites (tertiary alicyclic amines) is 1. The number of hydrogen-bond acceptors (Lipinski definition) is 5. The SMILES string of the molecule is CCN1CCN(c2ccc(NC(=O)C3CCN(C(=O)OCC(F)(F)F)CC3)cc2C)CC1. The Balaban J connectivity index is 1.48. The second-order valence-corrected chi connectivity index (χ2v) is 8.34. The van der Waals surface area contributed by atoms with Gasteiger partial charge in [-0.1, -0.05) is 6.92 Å². The lowest BCUT2D eigenvalue weighted by atomic mass is 9.96. The highest BCUT2D eigenvalue weighted by Gasteiger charge is 2.33. The summed E-state index contributed by atoms with van der Waals surface area (Å²) in [5.41, 5.74) is 2.98. The number of amides is 2. The number of hydrogen-bond donors (Lipinski definition) is 1. The fourth-order valence-electron chi connectivity index (χ4n) is 4.20. The van der Waals surface area contributed by atoms with Crippen LogP contribution in [0.15, 0.2) is 18.2 Å². The molecule has 0 aliphatic carbocycles. The zero-order chi connectivity index (χ0) is 23.3. The number of carbonyl (C=O) groups is 2. The largest absolute Gasteiger partial charge is 0.440 e. The smallest absolute Gasteiger partial charge is 0.422 e. The molecule has 2 aliphatic heterocycles. The molecule has 0 atom stereocenters. The summed E-state index contributed by atoms with van der Waals surface area (Å²) in [4.78, 5) is 30.4. The quantitative estimate of drug-likeness (QED) is 0.735. The Labute approximate surface area is 186 Å². The number of anilines is 2. The second kappa shape index (κ2) is 10.4. The van der Waals surface area contributed by atoms with Gasteiger partial charge in [-0.05, 0) is 50.1 Å². The molecule has 178 valence electrons. The summed E-state index contributed by atoms with van der Waals surface area (Å²) in [5, 5.41) is 2.94. The van der Waals surface area contributed by atoms with E-state index in [9.17, 15) is 22.8 Å². The molecule has 2 amide bonds. The predicted octanol–water partition coefficient (Wildman–Crippen LogP) is 3.49. The Morgan fingerprint density at radius 1 is 1.09 bits per heavy atom. The number of rotatable bonds is 5. The number of aryl methyl sites for hydroxylation is 1. The minimum atomic E-state index is -4.55. The molecule has 2 aliphatic rings. The highest BCUT2D eigenvalue weighted by molar-refractivity contribution is 5.93. The number of alkyl halides is 3. The maximum absolute atomic E-state index is 12.7. The van der Waals surface area contributed by atoms with Gasteiger partial charge in [0, 0.05) is 56.6 Å². The monoisotopic (exact) mass is 456 g/mol. The number of piperidine rings is 1. The molecule has 1 N–H and O–H groups in total. The van der Waals surface area contributed by atoms with Crippen molar-refractivity contribution in [1.82, 2.24) is 9.80 Å². The fraction of sp³-hybridized carbons (Fsp3) is 0.636. The number of nitrogens with one attached hydrogen (secondary N) is 1. The van der Waals surface area contributed by atoms with E-state index in [1.807, 2.05) is 25.1 Å². The van der Waals surface area contributed by atoms with Gasteiger partial charge in [0.15, 0.2) is 6.61 Å². The molecule has 0 radical (unpaired) electrons. The Hall–Kier alpha value is -2.49. The summed E-state index contributed by atoms with van der Waals surface area (Å²) in [6.45, 7) is 8.07. The Bertz CT molecular complexity index is 802. The summed E-state index contributed by atoms with van der Waals surface area (Å²) in [7, 11) is 0. The maximum atomic E-state index is 12.7. The van der Waals surface area contributed by atoms with E-state index in [0.29, 0.717) is 12.8 Å². The lowest BCUT2D eigenvalue weighted by Crippen LogP contribution is -2.46. The lowest BCUT2D eigenvalue weighted by molar-refractivity contribution is -0.162. The van der Waals surface area contributed by atoms with Gasteiger partial charge in [0.1, 0.15) is 0 Å². The maximum Gasteiger partial charge on any atom is 0.422 e. The zero-order valence-electron chi connectivity index (χ0n) is 18.6. The van der Waals surface area contributed by atoms with Gasteiger partial charge in [-0.3, -0.25) is 4.79 Å². The van der Waals surface area contributed by atoms with Crippen LogP contribution in [0.2, 0.25) is 0 Å². The highest BCUT2D eigenvalue weighted by atomic mass is 19.4. The summed E-state index contributed by atoms with van der Waals surface area (Å²) in [5.74, 6) is -0.444. The summed E-state index contributed by atoms with van der Waals surface area (Å²) < 4.78 is 40.9. The van der Waals surface area contributed by atoms with Crippen molar-refractivity contribution in [2.24, 2.45) is 5.92 Å². The molecule has 2 fully saturated rings. The van der Waals surface area contributed by atoms with Gasteiger partial charge < -0.3 is 24.8 Å². The van der Waals surface area contributed by atoms with Crippen molar-refractivity contribution in [1.29, 1.82) is 0 Å². The molecule has 1 aromatic carbocycles. The third-order valence-electron chi connectivity index (χ3n) is 6.11. The molecule has 0 unspecified atom stereocenters. The number of carbonyl (C=O) groups excluding carboxylic acids is 2. The van der Waals surface area contributed by atoms with E-state index in [-0.39, 0.29) is 24.9 Å². The second-order valence-electron chi connectivity index (χ2n) is 8.34. The molecule has 32 heavy (non-hydrogen) atoms.